The van der Waals surface area contributed by atoms with Crippen molar-refractivity contribution < 1.29 is 4.79 Å². The summed E-state index contributed by atoms with van der Waals surface area (Å²) in [7, 11) is 0. The van der Waals surface area contributed by atoms with Crippen LogP contribution in [0, 0.1) is 25.2 Å². The molecule has 1 heterocycles. The van der Waals surface area contributed by atoms with Crippen LogP contribution in [0.5, 0.6) is 0 Å². The number of nitrogens with one attached hydrogen (secondary N) is 1. The van der Waals surface area contributed by atoms with E-state index in [1.807, 2.05) is 26.0 Å². The smallest absolute Gasteiger partial charge is 0.257 e. The van der Waals surface area contributed by atoms with Crippen LogP contribution in [0.25, 0.3) is 0 Å². The van der Waals surface area contributed by atoms with Crippen molar-refractivity contribution in [2.45, 2.75) is 13.8 Å². The van der Waals surface area contributed by atoms with Crippen molar-refractivity contribution in [3.63, 3.8) is 0 Å². The number of amides is 1. The highest BCUT2D eigenvalue weighted by atomic mass is 35.5. The molecule has 4 nitrogen and oxygen atoms in total. The van der Waals surface area contributed by atoms with E-state index in [1.54, 1.807) is 12.1 Å². The number of hydrogen-bond donors (Lipinski definition) is 1. The van der Waals surface area contributed by atoms with E-state index in [2.05, 4.69) is 10.3 Å². The molecule has 20 heavy (non-hydrogen) atoms. The van der Waals surface area contributed by atoms with Gasteiger partial charge in [0.1, 0.15) is 11.8 Å². The summed E-state index contributed by atoms with van der Waals surface area (Å²) in [4.78, 5) is 16.0. The van der Waals surface area contributed by atoms with Crippen molar-refractivity contribution in [2.24, 2.45) is 0 Å². The van der Waals surface area contributed by atoms with Crippen LogP contribution < -0.4 is 5.32 Å². The third kappa shape index (κ3) is 2.95. The molecule has 2 rings (SSSR count). The van der Waals surface area contributed by atoms with E-state index in [4.69, 9.17) is 16.9 Å². The van der Waals surface area contributed by atoms with Crippen molar-refractivity contribution in [3.05, 3.63) is 57.9 Å². The summed E-state index contributed by atoms with van der Waals surface area (Å²) in [6.45, 7) is 3.82. The summed E-state index contributed by atoms with van der Waals surface area (Å²) in [5.74, 6) is -0.309. The lowest BCUT2D eigenvalue weighted by molar-refractivity contribution is 0.102. The minimum atomic E-state index is -0.309. The number of carbonyl (C=O) groups is 1. The van der Waals surface area contributed by atoms with E-state index in [-0.39, 0.29) is 11.6 Å². The molecule has 1 aromatic carbocycles. The first kappa shape index (κ1) is 14.0. The van der Waals surface area contributed by atoms with Gasteiger partial charge in [-0.15, -0.1) is 0 Å². The van der Waals surface area contributed by atoms with Crippen molar-refractivity contribution in [1.29, 1.82) is 5.26 Å². The van der Waals surface area contributed by atoms with Crippen LogP contribution >= 0.6 is 11.6 Å². The van der Waals surface area contributed by atoms with Crippen molar-refractivity contribution in [1.82, 2.24) is 4.98 Å². The Morgan fingerprint density at radius 2 is 2.10 bits per heavy atom. The number of benzene rings is 1. The maximum absolute atomic E-state index is 12.1. The lowest BCUT2D eigenvalue weighted by atomic mass is 10.1. The highest BCUT2D eigenvalue weighted by Gasteiger charge is 2.11. The number of aromatic nitrogens is 1. The molecule has 0 radical (unpaired) electrons. The number of pyridine rings is 1. The molecule has 0 bridgehead atoms. The molecule has 0 aliphatic rings. The second-order valence-corrected chi connectivity index (χ2v) is 4.84. The van der Waals surface area contributed by atoms with E-state index in [1.165, 1.54) is 12.3 Å². The monoisotopic (exact) mass is 285 g/mol. The number of rotatable bonds is 2. The minimum absolute atomic E-state index is 0.270. The van der Waals surface area contributed by atoms with E-state index >= 15 is 0 Å². The Bertz CT molecular complexity index is 679. The van der Waals surface area contributed by atoms with Gasteiger partial charge in [-0.25, -0.2) is 4.98 Å². The fourth-order valence-corrected chi connectivity index (χ4v) is 2.22. The SMILES string of the molecule is Cc1cc(C)c(NC(=O)c2ccc(C#N)nc2)c(Cl)c1. The average Bonchev–Trinajstić information content (AvgIpc) is 2.42. The zero-order valence-corrected chi connectivity index (χ0v) is 11.8. The Balaban J connectivity index is 2.26. The highest BCUT2D eigenvalue weighted by molar-refractivity contribution is 6.34. The number of hydrogen-bond acceptors (Lipinski definition) is 3. The fourth-order valence-electron chi connectivity index (χ4n) is 1.85. The molecule has 0 fully saturated rings. The average molecular weight is 286 g/mol. The van der Waals surface area contributed by atoms with Crippen molar-refractivity contribution >= 4 is 23.2 Å². The maximum atomic E-state index is 12.1. The molecule has 2 aromatic rings. The third-order valence-electron chi connectivity index (χ3n) is 2.81. The molecule has 100 valence electrons. The number of nitriles is 1. The standard InChI is InChI=1S/C15H12ClN3O/c1-9-5-10(2)14(13(16)6-9)19-15(20)11-3-4-12(7-17)18-8-11/h3-6,8H,1-2H3,(H,19,20). The van der Waals surface area contributed by atoms with Crippen LogP contribution in [0.4, 0.5) is 5.69 Å². The van der Waals surface area contributed by atoms with Crippen molar-refractivity contribution in [3.8, 4) is 6.07 Å². The molecule has 0 aliphatic carbocycles. The van der Waals surface area contributed by atoms with E-state index < -0.39 is 0 Å². The van der Waals surface area contributed by atoms with E-state index in [0.29, 0.717) is 16.3 Å². The summed E-state index contributed by atoms with van der Waals surface area (Å²) in [5.41, 5.74) is 3.16. The Hall–Kier alpha value is -2.38. The van der Waals surface area contributed by atoms with Gasteiger partial charge < -0.3 is 5.32 Å². The first-order chi connectivity index (χ1) is 9.51. The van der Waals surface area contributed by atoms with E-state index in [0.717, 1.165) is 11.1 Å². The molecule has 0 spiro atoms. The van der Waals surface area contributed by atoms with Gasteiger partial charge in [0.25, 0.3) is 5.91 Å². The Kier molecular flexibility index (Phi) is 4.02. The normalized spacial score (nSPS) is 9.90. The molecule has 0 unspecified atom stereocenters. The molecular weight excluding hydrogens is 274 g/mol. The van der Waals surface area contributed by atoms with Crippen LogP contribution in [-0.4, -0.2) is 10.9 Å². The van der Waals surface area contributed by atoms with Gasteiger partial charge in [0.05, 0.1) is 16.3 Å². The zero-order chi connectivity index (χ0) is 14.7. The summed E-state index contributed by atoms with van der Waals surface area (Å²) in [6.07, 6.45) is 1.37. The molecule has 1 amide bonds. The van der Waals surface area contributed by atoms with Gasteiger partial charge in [-0.3, -0.25) is 4.79 Å². The number of nitrogens with zero attached hydrogens (tertiary/aromatic N) is 2. The molecule has 0 saturated carbocycles. The molecule has 1 N–H and O–H groups in total. The topological polar surface area (TPSA) is 65.8 Å². The molecule has 1 aromatic heterocycles. The van der Waals surface area contributed by atoms with Crippen LogP contribution in [0.15, 0.2) is 30.5 Å². The van der Waals surface area contributed by atoms with Crippen LogP contribution in [0.2, 0.25) is 5.02 Å². The van der Waals surface area contributed by atoms with Gasteiger partial charge in [0.15, 0.2) is 0 Å². The van der Waals surface area contributed by atoms with Gasteiger partial charge in [-0.05, 0) is 43.2 Å². The molecule has 0 saturated heterocycles. The van der Waals surface area contributed by atoms with Gasteiger partial charge in [0, 0.05) is 6.20 Å². The summed E-state index contributed by atoms with van der Waals surface area (Å²) < 4.78 is 0. The number of anilines is 1. The van der Waals surface area contributed by atoms with Crippen LogP contribution in [0.1, 0.15) is 27.2 Å². The van der Waals surface area contributed by atoms with Gasteiger partial charge >= 0.3 is 0 Å². The van der Waals surface area contributed by atoms with Gasteiger partial charge in [-0.2, -0.15) is 5.26 Å². The lowest BCUT2D eigenvalue weighted by Crippen LogP contribution is -2.13. The van der Waals surface area contributed by atoms with Gasteiger partial charge in [0.2, 0.25) is 0 Å². The first-order valence-electron chi connectivity index (χ1n) is 5.95. The maximum Gasteiger partial charge on any atom is 0.257 e. The zero-order valence-electron chi connectivity index (χ0n) is 11.1. The highest BCUT2D eigenvalue weighted by Crippen LogP contribution is 2.27. The summed E-state index contributed by atoms with van der Waals surface area (Å²) in [6, 6.07) is 8.69. The van der Waals surface area contributed by atoms with Crippen molar-refractivity contribution in [2.75, 3.05) is 5.32 Å². The lowest BCUT2D eigenvalue weighted by Gasteiger charge is -2.11. The summed E-state index contributed by atoms with van der Waals surface area (Å²) >= 11 is 6.14. The molecular formula is C15H12ClN3O. The third-order valence-corrected chi connectivity index (χ3v) is 3.11. The Morgan fingerprint density at radius 1 is 1.35 bits per heavy atom. The molecule has 0 atom stereocenters. The molecule has 0 aliphatic heterocycles. The Morgan fingerprint density at radius 3 is 2.65 bits per heavy atom. The number of carbonyl (C=O) groups excluding carboxylic acids is 1. The molecule has 5 heteroatoms. The Labute approximate surface area is 122 Å². The second kappa shape index (κ2) is 5.72. The predicted molar refractivity (Wildman–Crippen MR) is 77.8 cm³/mol. The quantitative estimate of drug-likeness (QED) is 0.918. The summed E-state index contributed by atoms with van der Waals surface area (Å²) in [5, 5.41) is 11.9. The largest absolute Gasteiger partial charge is 0.320 e. The fraction of sp³-hybridized carbons (Fsp3) is 0.133. The van der Waals surface area contributed by atoms with Crippen LogP contribution in [0.3, 0.4) is 0 Å². The van der Waals surface area contributed by atoms with E-state index in [9.17, 15) is 4.79 Å². The van der Waals surface area contributed by atoms with Gasteiger partial charge in [-0.1, -0.05) is 17.7 Å². The predicted octanol–water partition coefficient (Wildman–Crippen LogP) is 3.48. The number of aryl methyl sites for hydroxylation is 2. The second-order valence-electron chi connectivity index (χ2n) is 4.44. The number of halogens is 1. The van der Waals surface area contributed by atoms with Crippen LogP contribution in [-0.2, 0) is 0 Å². The first-order valence-corrected chi connectivity index (χ1v) is 6.33. The minimum Gasteiger partial charge on any atom is -0.320 e.